The first-order chi connectivity index (χ1) is 9.19. The van der Waals surface area contributed by atoms with Crippen LogP contribution >= 0.6 is 0 Å². The lowest BCUT2D eigenvalue weighted by Gasteiger charge is -2.14. The van der Waals surface area contributed by atoms with E-state index >= 15 is 0 Å². The summed E-state index contributed by atoms with van der Waals surface area (Å²) in [4.78, 5) is 11.0. The first-order valence-electron chi connectivity index (χ1n) is 6.13. The van der Waals surface area contributed by atoms with Gasteiger partial charge in [0.25, 0.3) is 0 Å². The smallest absolute Gasteiger partial charge is 0.307 e. The molecule has 102 valence electrons. The number of halogens is 1. The van der Waals surface area contributed by atoms with E-state index in [9.17, 15) is 9.18 Å². The summed E-state index contributed by atoms with van der Waals surface area (Å²) < 4.78 is 23.5. The Balaban J connectivity index is 1.92. The number of carboxylic acid groups (broad SMARTS) is 1. The van der Waals surface area contributed by atoms with E-state index in [1.165, 1.54) is 0 Å². The van der Waals surface area contributed by atoms with Gasteiger partial charge < -0.3 is 19.9 Å². The fourth-order valence-corrected chi connectivity index (χ4v) is 2.59. The highest BCUT2D eigenvalue weighted by Crippen LogP contribution is 2.42. The molecule has 2 N–H and O–H groups in total. The number of hydrogen-bond donors (Lipinski definition) is 2. The Morgan fingerprint density at radius 3 is 3.00 bits per heavy atom. The van der Waals surface area contributed by atoms with Gasteiger partial charge in [0.2, 0.25) is 6.79 Å². The molecule has 0 spiro atoms. The van der Waals surface area contributed by atoms with Crippen LogP contribution in [-0.2, 0) is 11.5 Å². The van der Waals surface area contributed by atoms with Crippen LogP contribution in [0.4, 0.5) is 4.39 Å². The largest absolute Gasteiger partial charge is 0.481 e. The van der Waals surface area contributed by atoms with Crippen molar-refractivity contribution in [3.63, 3.8) is 0 Å². The fourth-order valence-electron chi connectivity index (χ4n) is 2.59. The number of hydrogen-bond acceptors (Lipinski definition) is 4. The number of fused-ring (bicyclic) bond motifs is 1. The Bertz CT molecular complexity index is 520. The Morgan fingerprint density at radius 1 is 1.47 bits per heavy atom. The Kier molecular flexibility index (Phi) is 3.02. The van der Waals surface area contributed by atoms with Crippen molar-refractivity contribution in [1.29, 1.82) is 0 Å². The molecule has 6 heteroatoms. The number of carbonyl (C=O) groups is 1. The number of carboxylic acids is 1. The Morgan fingerprint density at radius 2 is 2.32 bits per heavy atom. The van der Waals surface area contributed by atoms with Gasteiger partial charge in [-0.05, 0) is 24.1 Å². The van der Waals surface area contributed by atoms with Crippen LogP contribution in [0.2, 0.25) is 0 Å². The number of alkyl halides is 1. The number of nitrogens with one attached hydrogen (secondary N) is 1. The highest BCUT2D eigenvalue weighted by atomic mass is 19.1. The van der Waals surface area contributed by atoms with Gasteiger partial charge in [-0.3, -0.25) is 4.79 Å². The minimum Gasteiger partial charge on any atom is -0.481 e. The summed E-state index contributed by atoms with van der Waals surface area (Å²) in [7, 11) is 0. The van der Waals surface area contributed by atoms with E-state index in [1.54, 1.807) is 12.1 Å². The first-order valence-corrected chi connectivity index (χ1v) is 6.13. The molecule has 0 saturated carbocycles. The van der Waals surface area contributed by atoms with Crippen LogP contribution < -0.4 is 14.8 Å². The van der Waals surface area contributed by atoms with Crippen molar-refractivity contribution in [2.75, 3.05) is 13.3 Å². The zero-order valence-electron chi connectivity index (χ0n) is 10.2. The zero-order valence-corrected chi connectivity index (χ0v) is 10.2. The van der Waals surface area contributed by atoms with Crippen molar-refractivity contribution < 1.29 is 23.8 Å². The van der Waals surface area contributed by atoms with Crippen molar-refractivity contribution in [3.05, 3.63) is 23.3 Å². The molecule has 0 aromatic heterocycles. The molecule has 2 unspecified atom stereocenters. The molecule has 2 aliphatic rings. The first kappa shape index (κ1) is 12.2. The van der Waals surface area contributed by atoms with E-state index in [0.29, 0.717) is 30.0 Å². The maximum atomic E-state index is 12.9. The molecule has 1 aromatic carbocycles. The van der Waals surface area contributed by atoms with Gasteiger partial charge in [0.15, 0.2) is 11.5 Å². The minimum absolute atomic E-state index is 0.118. The molecule has 1 aromatic rings. The maximum absolute atomic E-state index is 12.9. The molecule has 3 rings (SSSR count). The summed E-state index contributed by atoms with van der Waals surface area (Å²) in [6.45, 7) is -0.0542. The van der Waals surface area contributed by atoms with Crippen LogP contribution in [0.3, 0.4) is 0 Å². The van der Waals surface area contributed by atoms with Crippen LogP contribution in [0.15, 0.2) is 12.1 Å². The lowest BCUT2D eigenvalue weighted by molar-refractivity contribution is -0.141. The molecule has 2 heterocycles. The SMILES string of the molecule is O=C(O)C1CNC(c2cc(CF)cc3c2OCO3)C1. The highest BCUT2D eigenvalue weighted by molar-refractivity contribution is 5.71. The van der Waals surface area contributed by atoms with E-state index in [4.69, 9.17) is 14.6 Å². The number of benzene rings is 1. The van der Waals surface area contributed by atoms with Gasteiger partial charge >= 0.3 is 5.97 Å². The predicted octanol–water partition coefficient (Wildman–Crippen LogP) is 1.62. The third-order valence-corrected chi connectivity index (χ3v) is 3.57. The van der Waals surface area contributed by atoms with E-state index in [-0.39, 0.29) is 12.8 Å². The minimum atomic E-state index is -0.814. The van der Waals surface area contributed by atoms with Crippen LogP contribution in [0.1, 0.15) is 23.6 Å². The van der Waals surface area contributed by atoms with Crippen LogP contribution in [-0.4, -0.2) is 24.4 Å². The Labute approximate surface area is 109 Å². The normalized spacial score (nSPS) is 24.7. The average molecular weight is 267 g/mol. The van der Waals surface area contributed by atoms with Gasteiger partial charge in [-0.2, -0.15) is 0 Å². The van der Waals surface area contributed by atoms with Gasteiger partial charge in [0, 0.05) is 18.2 Å². The van der Waals surface area contributed by atoms with Crippen molar-refractivity contribution in [2.24, 2.45) is 5.92 Å². The number of aliphatic carboxylic acids is 1. The van der Waals surface area contributed by atoms with Gasteiger partial charge in [-0.1, -0.05) is 0 Å². The molecule has 5 nitrogen and oxygen atoms in total. The summed E-state index contributed by atoms with van der Waals surface area (Å²) in [5.41, 5.74) is 1.30. The third-order valence-electron chi connectivity index (χ3n) is 3.57. The lowest BCUT2D eigenvalue weighted by atomic mass is 9.97. The zero-order chi connectivity index (χ0) is 13.4. The second kappa shape index (κ2) is 4.70. The van der Waals surface area contributed by atoms with Gasteiger partial charge in [-0.15, -0.1) is 0 Å². The summed E-state index contributed by atoms with van der Waals surface area (Å²) in [6.07, 6.45) is 0.473. The lowest BCUT2D eigenvalue weighted by Crippen LogP contribution is -2.17. The van der Waals surface area contributed by atoms with Gasteiger partial charge in [0.1, 0.15) is 6.67 Å². The molecule has 2 atom stereocenters. The predicted molar refractivity (Wildman–Crippen MR) is 63.9 cm³/mol. The second-order valence-electron chi connectivity index (χ2n) is 4.78. The molecule has 2 aliphatic heterocycles. The monoisotopic (exact) mass is 267 g/mol. The molecule has 1 saturated heterocycles. The van der Waals surface area contributed by atoms with Crippen molar-refractivity contribution in [2.45, 2.75) is 19.1 Å². The fraction of sp³-hybridized carbons (Fsp3) is 0.462. The Hall–Kier alpha value is -1.82. The molecule has 0 radical (unpaired) electrons. The van der Waals surface area contributed by atoms with Crippen LogP contribution in [0, 0.1) is 5.92 Å². The standard InChI is InChI=1S/C13H14FNO4/c14-4-7-1-9(12-11(2-7)18-6-19-12)10-3-8(5-15-10)13(16)17/h1-2,8,10,15H,3-6H2,(H,16,17). The average Bonchev–Trinajstić information content (AvgIpc) is 3.06. The molecular formula is C13H14FNO4. The topological polar surface area (TPSA) is 67.8 Å². The molecular weight excluding hydrogens is 253 g/mol. The second-order valence-corrected chi connectivity index (χ2v) is 4.78. The van der Waals surface area contributed by atoms with Crippen molar-refractivity contribution in [3.8, 4) is 11.5 Å². The molecule has 1 fully saturated rings. The summed E-state index contributed by atoms with van der Waals surface area (Å²) in [6, 6.07) is 3.20. The maximum Gasteiger partial charge on any atom is 0.307 e. The van der Waals surface area contributed by atoms with Crippen LogP contribution in [0.25, 0.3) is 0 Å². The van der Waals surface area contributed by atoms with Crippen molar-refractivity contribution in [1.82, 2.24) is 5.32 Å². The summed E-state index contributed by atoms with van der Waals surface area (Å²) in [5.74, 6) is -0.103. The summed E-state index contributed by atoms with van der Waals surface area (Å²) in [5, 5.41) is 12.2. The van der Waals surface area contributed by atoms with Crippen molar-refractivity contribution >= 4 is 5.97 Å². The molecule has 19 heavy (non-hydrogen) atoms. The van der Waals surface area contributed by atoms with Crippen LogP contribution in [0.5, 0.6) is 11.5 Å². The number of ether oxygens (including phenoxy) is 2. The highest BCUT2D eigenvalue weighted by Gasteiger charge is 2.33. The van der Waals surface area contributed by atoms with E-state index in [1.807, 2.05) is 0 Å². The number of rotatable bonds is 3. The van der Waals surface area contributed by atoms with E-state index in [0.717, 1.165) is 5.56 Å². The molecule has 0 aliphatic carbocycles. The van der Waals surface area contributed by atoms with Gasteiger partial charge in [0.05, 0.1) is 5.92 Å². The quantitative estimate of drug-likeness (QED) is 0.871. The van der Waals surface area contributed by atoms with E-state index < -0.39 is 18.6 Å². The molecule has 0 amide bonds. The summed E-state index contributed by atoms with van der Waals surface area (Å²) >= 11 is 0. The van der Waals surface area contributed by atoms with Gasteiger partial charge in [-0.25, -0.2) is 4.39 Å². The molecule has 0 bridgehead atoms. The van der Waals surface area contributed by atoms with E-state index in [2.05, 4.69) is 5.32 Å². The third kappa shape index (κ3) is 2.12.